The normalized spacial score (nSPS) is 28.8. The minimum absolute atomic E-state index is 0.462. The summed E-state index contributed by atoms with van der Waals surface area (Å²) >= 11 is 3.67. The van der Waals surface area contributed by atoms with Crippen molar-refractivity contribution in [3.63, 3.8) is 0 Å². The van der Waals surface area contributed by atoms with E-state index >= 15 is 0 Å². The van der Waals surface area contributed by atoms with Gasteiger partial charge in [-0.25, -0.2) is 0 Å². The molecular weight excluding hydrogens is 330 g/mol. The van der Waals surface area contributed by atoms with Crippen molar-refractivity contribution in [3.8, 4) is 5.75 Å². The summed E-state index contributed by atoms with van der Waals surface area (Å²) in [6.45, 7) is 3.18. The van der Waals surface area contributed by atoms with Gasteiger partial charge in [0.05, 0.1) is 19.3 Å². The molecule has 0 aromatic heterocycles. The van der Waals surface area contributed by atoms with Gasteiger partial charge >= 0.3 is 0 Å². The third kappa shape index (κ3) is 3.27. The van der Waals surface area contributed by atoms with Crippen molar-refractivity contribution in [3.05, 3.63) is 28.2 Å². The van der Waals surface area contributed by atoms with Crippen molar-refractivity contribution in [1.82, 2.24) is 5.32 Å². The Kier molecular flexibility index (Phi) is 4.87. The molecule has 3 nitrogen and oxygen atoms in total. The minimum atomic E-state index is 0.462. The zero-order chi connectivity index (χ0) is 14.8. The first-order chi connectivity index (χ1) is 10.2. The Hall–Kier alpha value is -0.580. The lowest BCUT2D eigenvalue weighted by Crippen LogP contribution is -2.42. The number of benzene rings is 1. The highest BCUT2D eigenvalue weighted by Crippen LogP contribution is 2.41. The van der Waals surface area contributed by atoms with Crippen molar-refractivity contribution in [2.75, 3.05) is 13.7 Å². The lowest BCUT2D eigenvalue weighted by Gasteiger charge is -2.29. The van der Waals surface area contributed by atoms with Crippen LogP contribution in [-0.2, 0) is 11.2 Å². The van der Waals surface area contributed by atoms with Crippen LogP contribution in [0.15, 0.2) is 22.7 Å². The number of nitrogens with one attached hydrogen (secondary N) is 1. The predicted octanol–water partition coefficient (Wildman–Crippen LogP) is 3.55. The molecule has 0 aliphatic carbocycles. The molecule has 0 amide bonds. The third-order valence-corrected chi connectivity index (χ3v) is 5.60. The number of rotatable bonds is 6. The van der Waals surface area contributed by atoms with Gasteiger partial charge in [-0.2, -0.15) is 0 Å². The van der Waals surface area contributed by atoms with Crippen LogP contribution < -0.4 is 10.1 Å². The van der Waals surface area contributed by atoms with Crippen LogP contribution in [0.5, 0.6) is 5.75 Å². The molecule has 4 unspecified atom stereocenters. The Bertz CT molecular complexity index is 494. The zero-order valence-corrected chi connectivity index (χ0v) is 14.4. The standard InChI is InChI=1S/C17H24BrNO2/c1-3-19-16(14-10-13-5-7-17(14)21-13)9-11-8-12(20-2)4-6-15(11)18/h4,6,8,13-14,16-17,19H,3,5,7,9-10H2,1-2H3. The van der Waals surface area contributed by atoms with Crippen molar-refractivity contribution in [2.24, 2.45) is 5.92 Å². The van der Waals surface area contributed by atoms with Gasteiger partial charge in [0, 0.05) is 16.4 Å². The Morgan fingerprint density at radius 2 is 2.29 bits per heavy atom. The molecule has 1 N–H and O–H groups in total. The van der Waals surface area contributed by atoms with Crippen molar-refractivity contribution < 1.29 is 9.47 Å². The Morgan fingerprint density at radius 3 is 2.90 bits per heavy atom. The van der Waals surface area contributed by atoms with Gasteiger partial charge in [-0.05, 0) is 56.0 Å². The van der Waals surface area contributed by atoms with E-state index in [1.54, 1.807) is 7.11 Å². The molecule has 4 atom stereocenters. The van der Waals surface area contributed by atoms with Crippen LogP contribution in [0.25, 0.3) is 0 Å². The van der Waals surface area contributed by atoms with E-state index in [2.05, 4.69) is 40.3 Å². The van der Waals surface area contributed by atoms with E-state index in [1.165, 1.54) is 24.8 Å². The third-order valence-electron chi connectivity index (χ3n) is 4.83. The second-order valence-electron chi connectivity index (χ2n) is 6.10. The van der Waals surface area contributed by atoms with E-state index in [4.69, 9.17) is 9.47 Å². The first-order valence-electron chi connectivity index (χ1n) is 7.92. The van der Waals surface area contributed by atoms with Crippen molar-refractivity contribution >= 4 is 15.9 Å². The molecule has 1 aromatic rings. The first kappa shape index (κ1) is 15.3. The Balaban J connectivity index is 1.76. The molecule has 2 aliphatic heterocycles. The molecule has 1 aromatic carbocycles. The molecule has 2 bridgehead atoms. The van der Waals surface area contributed by atoms with E-state index in [0.29, 0.717) is 24.2 Å². The summed E-state index contributed by atoms with van der Waals surface area (Å²) in [5, 5.41) is 3.68. The van der Waals surface area contributed by atoms with Gasteiger partial charge in [-0.1, -0.05) is 22.9 Å². The van der Waals surface area contributed by atoms with Crippen LogP contribution in [0, 0.1) is 5.92 Å². The van der Waals surface area contributed by atoms with Crippen LogP contribution in [0.3, 0.4) is 0 Å². The summed E-state index contributed by atoms with van der Waals surface area (Å²) in [6, 6.07) is 6.70. The van der Waals surface area contributed by atoms with Crippen LogP contribution >= 0.6 is 15.9 Å². The number of likely N-dealkylation sites (N-methyl/N-ethyl adjacent to an activating group) is 1. The Morgan fingerprint density at radius 1 is 1.43 bits per heavy atom. The van der Waals surface area contributed by atoms with Crippen LogP contribution in [0.2, 0.25) is 0 Å². The summed E-state index contributed by atoms with van der Waals surface area (Å²) in [5.74, 6) is 1.56. The monoisotopic (exact) mass is 353 g/mol. The van der Waals surface area contributed by atoms with E-state index in [9.17, 15) is 0 Å². The summed E-state index contributed by atoms with van der Waals surface area (Å²) in [4.78, 5) is 0. The van der Waals surface area contributed by atoms with Gasteiger partial charge in [0.25, 0.3) is 0 Å². The van der Waals surface area contributed by atoms with Gasteiger partial charge in [-0.15, -0.1) is 0 Å². The van der Waals surface area contributed by atoms with E-state index < -0.39 is 0 Å². The van der Waals surface area contributed by atoms with Crippen LogP contribution in [-0.4, -0.2) is 31.9 Å². The second kappa shape index (κ2) is 6.67. The fraction of sp³-hybridized carbons (Fsp3) is 0.647. The highest BCUT2D eigenvalue weighted by molar-refractivity contribution is 9.10. The van der Waals surface area contributed by atoms with Crippen LogP contribution in [0.1, 0.15) is 31.7 Å². The van der Waals surface area contributed by atoms with Gasteiger partial charge in [-0.3, -0.25) is 0 Å². The van der Waals surface area contributed by atoms with Crippen molar-refractivity contribution in [1.29, 1.82) is 0 Å². The predicted molar refractivity (Wildman–Crippen MR) is 87.9 cm³/mol. The second-order valence-corrected chi connectivity index (χ2v) is 6.95. The number of ether oxygens (including phenoxy) is 2. The lowest BCUT2D eigenvalue weighted by atomic mass is 9.81. The zero-order valence-electron chi connectivity index (χ0n) is 12.8. The van der Waals surface area contributed by atoms with Gasteiger partial charge in [0.2, 0.25) is 0 Å². The number of methoxy groups -OCH3 is 1. The molecule has 0 radical (unpaired) electrons. The topological polar surface area (TPSA) is 30.5 Å². The molecule has 2 fully saturated rings. The maximum Gasteiger partial charge on any atom is 0.119 e. The van der Waals surface area contributed by atoms with E-state index in [0.717, 1.165) is 23.2 Å². The minimum Gasteiger partial charge on any atom is -0.497 e. The average Bonchev–Trinajstić information content (AvgIpc) is 3.11. The van der Waals surface area contributed by atoms with Crippen molar-refractivity contribution in [2.45, 2.75) is 50.9 Å². The first-order valence-corrected chi connectivity index (χ1v) is 8.71. The number of hydrogen-bond acceptors (Lipinski definition) is 3. The number of halogens is 1. The molecule has 3 rings (SSSR count). The largest absolute Gasteiger partial charge is 0.497 e. The summed E-state index contributed by atoms with van der Waals surface area (Å²) < 4.78 is 12.6. The number of fused-ring (bicyclic) bond motifs is 2. The van der Waals surface area contributed by atoms with E-state index in [-0.39, 0.29) is 0 Å². The van der Waals surface area contributed by atoms with Crippen LogP contribution in [0.4, 0.5) is 0 Å². The molecule has 2 saturated heterocycles. The molecule has 4 heteroatoms. The molecule has 0 saturated carbocycles. The Labute approximate surface area is 135 Å². The maximum atomic E-state index is 6.05. The molecule has 2 aliphatic rings. The smallest absolute Gasteiger partial charge is 0.119 e. The van der Waals surface area contributed by atoms with E-state index in [1.807, 2.05) is 6.07 Å². The lowest BCUT2D eigenvalue weighted by molar-refractivity contribution is 0.0858. The SMILES string of the molecule is CCNC(Cc1cc(OC)ccc1Br)C1CC2CCC1O2. The summed E-state index contributed by atoms with van der Waals surface area (Å²) in [7, 11) is 1.72. The van der Waals surface area contributed by atoms with Gasteiger partial charge in [0.15, 0.2) is 0 Å². The summed E-state index contributed by atoms with van der Waals surface area (Å²) in [6.07, 6.45) is 5.69. The average molecular weight is 354 g/mol. The fourth-order valence-corrected chi connectivity index (χ4v) is 4.22. The molecular formula is C17H24BrNO2. The summed E-state index contributed by atoms with van der Waals surface area (Å²) in [5.41, 5.74) is 1.31. The van der Waals surface area contributed by atoms with Gasteiger partial charge < -0.3 is 14.8 Å². The number of hydrogen-bond donors (Lipinski definition) is 1. The highest BCUT2D eigenvalue weighted by atomic mass is 79.9. The molecule has 2 heterocycles. The fourth-order valence-electron chi connectivity index (χ4n) is 3.81. The molecule has 116 valence electrons. The highest BCUT2D eigenvalue weighted by Gasteiger charge is 2.44. The maximum absolute atomic E-state index is 6.05. The molecule has 0 spiro atoms. The quantitative estimate of drug-likeness (QED) is 0.848. The van der Waals surface area contributed by atoms with Gasteiger partial charge in [0.1, 0.15) is 5.75 Å². The molecule has 21 heavy (non-hydrogen) atoms.